The van der Waals surface area contributed by atoms with Gasteiger partial charge in [0.1, 0.15) is 29.3 Å². The lowest BCUT2D eigenvalue weighted by Gasteiger charge is -2.11. The molecule has 1 N–H and O–H groups in total. The van der Waals surface area contributed by atoms with Crippen LogP contribution in [0, 0.1) is 0 Å². The van der Waals surface area contributed by atoms with Gasteiger partial charge in [-0.05, 0) is 59.7 Å². The highest BCUT2D eigenvalue weighted by atomic mass is 16.5. The Morgan fingerprint density at radius 2 is 1.78 bits per heavy atom. The molecular weight excluding hydrogens is 526 g/mol. The zero-order chi connectivity index (χ0) is 28.6. The van der Waals surface area contributed by atoms with E-state index < -0.39 is 17.5 Å². The van der Waals surface area contributed by atoms with Gasteiger partial charge in [-0.3, -0.25) is 4.79 Å². The van der Waals surface area contributed by atoms with Gasteiger partial charge < -0.3 is 28.4 Å². The first kappa shape index (κ1) is 27.0. The molecule has 0 spiro atoms. The minimum absolute atomic E-state index is 0.130. The highest BCUT2D eigenvalue weighted by molar-refractivity contribution is 5.97. The van der Waals surface area contributed by atoms with Gasteiger partial charge in [-0.15, -0.1) is 0 Å². The van der Waals surface area contributed by atoms with Crippen molar-refractivity contribution in [2.45, 2.75) is 13.2 Å². The number of furan rings is 1. The largest absolute Gasteiger partial charge is 0.493 e. The van der Waals surface area contributed by atoms with Crippen LogP contribution in [0.1, 0.15) is 27.2 Å². The van der Waals surface area contributed by atoms with Crippen LogP contribution < -0.4 is 25.2 Å². The first-order valence-electron chi connectivity index (χ1n) is 12.6. The zero-order valence-electron chi connectivity index (χ0n) is 22.0. The monoisotopic (exact) mass is 551 g/mol. The Balaban J connectivity index is 1.22. The van der Waals surface area contributed by atoms with E-state index in [1.807, 2.05) is 30.3 Å². The number of fused-ring (bicyclic) bond motifs is 1. The quantitative estimate of drug-likeness (QED) is 0.104. The number of hydrogen-bond acceptors (Lipinski definition) is 8. The molecule has 5 aromatic rings. The maximum absolute atomic E-state index is 12.5. The average Bonchev–Trinajstić information content (AvgIpc) is 3.52. The minimum Gasteiger partial charge on any atom is -0.493 e. The summed E-state index contributed by atoms with van der Waals surface area (Å²) in [7, 11) is 1.54. The highest BCUT2D eigenvalue weighted by Crippen LogP contribution is 2.29. The third-order valence-corrected chi connectivity index (χ3v) is 6.01. The minimum atomic E-state index is -0.817. The topological polar surface area (TPSA) is 117 Å². The summed E-state index contributed by atoms with van der Waals surface area (Å²) in [6, 6.07) is 24.4. The van der Waals surface area contributed by atoms with E-state index in [2.05, 4.69) is 5.32 Å². The number of carbonyl (C=O) groups is 2. The predicted octanol–water partition coefficient (Wildman–Crippen LogP) is 5.52. The molecule has 206 valence electrons. The van der Waals surface area contributed by atoms with Crippen LogP contribution in [0.15, 0.2) is 111 Å². The van der Waals surface area contributed by atoms with E-state index in [1.165, 1.54) is 24.5 Å². The Labute approximate surface area is 234 Å². The normalized spacial score (nSPS) is 11.0. The summed E-state index contributed by atoms with van der Waals surface area (Å²) in [5, 5.41) is 3.10. The molecule has 41 heavy (non-hydrogen) atoms. The second-order valence-corrected chi connectivity index (χ2v) is 8.85. The van der Waals surface area contributed by atoms with Crippen LogP contribution in [0.2, 0.25) is 0 Å². The third kappa shape index (κ3) is 6.90. The van der Waals surface area contributed by atoms with Gasteiger partial charge in [0, 0.05) is 17.5 Å². The van der Waals surface area contributed by atoms with Gasteiger partial charge in [-0.25, -0.2) is 9.59 Å². The Kier molecular flexibility index (Phi) is 8.25. The van der Waals surface area contributed by atoms with Crippen LogP contribution in [0.25, 0.3) is 17.0 Å². The Morgan fingerprint density at radius 3 is 2.56 bits per heavy atom. The number of hydrogen-bond donors (Lipinski definition) is 1. The number of benzene rings is 3. The number of esters is 1. The van der Waals surface area contributed by atoms with Crippen molar-refractivity contribution in [3.8, 4) is 17.2 Å². The van der Waals surface area contributed by atoms with E-state index in [4.69, 9.17) is 23.0 Å². The van der Waals surface area contributed by atoms with Crippen molar-refractivity contribution in [1.29, 1.82) is 0 Å². The second-order valence-electron chi connectivity index (χ2n) is 8.85. The number of methoxy groups -OCH3 is 1. The second kappa shape index (κ2) is 12.5. The third-order valence-electron chi connectivity index (χ3n) is 6.01. The van der Waals surface area contributed by atoms with E-state index in [0.29, 0.717) is 34.8 Å². The Hall–Kier alpha value is -5.57. The first-order chi connectivity index (χ1) is 20.0. The number of ether oxygens (including phenoxy) is 3. The standard InChI is InChI=1S/C32H25NO8/c1-37-29-16-21(9-13-27(29)39-20-22-6-3-2-4-7-22)10-14-30(34)40-24-12-11-23-17-26(32(36)41-28(23)18-24)31(35)33-19-25-8-5-15-38-25/h2-18H,19-20H2,1H3,(H,33,35)/b14-10+. The van der Waals surface area contributed by atoms with E-state index in [9.17, 15) is 14.4 Å². The van der Waals surface area contributed by atoms with Crippen molar-refractivity contribution in [3.63, 3.8) is 0 Å². The molecule has 9 nitrogen and oxygen atoms in total. The van der Waals surface area contributed by atoms with Crippen molar-refractivity contribution in [2.75, 3.05) is 7.11 Å². The molecule has 5 rings (SSSR count). The van der Waals surface area contributed by atoms with Crippen LogP contribution in [-0.2, 0) is 17.9 Å². The van der Waals surface area contributed by atoms with E-state index in [0.717, 1.165) is 5.56 Å². The van der Waals surface area contributed by atoms with Crippen molar-refractivity contribution >= 4 is 28.9 Å². The van der Waals surface area contributed by atoms with E-state index >= 15 is 0 Å². The van der Waals surface area contributed by atoms with Gasteiger partial charge in [0.25, 0.3) is 5.91 Å². The summed E-state index contributed by atoms with van der Waals surface area (Å²) < 4.78 is 27.2. The Bertz CT molecular complexity index is 1750. The van der Waals surface area contributed by atoms with Crippen LogP contribution >= 0.6 is 0 Å². The molecule has 0 aliphatic rings. The van der Waals surface area contributed by atoms with Gasteiger partial charge in [0.15, 0.2) is 11.5 Å². The summed E-state index contributed by atoms with van der Waals surface area (Å²) in [6.07, 6.45) is 4.34. The summed E-state index contributed by atoms with van der Waals surface area (Å²) in [4.78, 5) is 37.3. The molecule has 9 heteroatoms. The number of rotatable bonds is 10. The summed E-state index contributed by atoms with van der Waals surface area (Å²) >= 11 is 0. The number of amides is 1. The molecule has 0 radical (unpaired) electrons. The molecule has 2 aromatic heterocycles. The molecule has 2 heterocycles. The smallest absolute Gasteiger partial charge is 0.349 e. The van der Waals surface area contributed by atoms with Gasteiger partial charge in [0.2, 0.25) is 0 Å². The van der Waals surface area contributed by atoms with Crippen molar-refractivity contribution in [2.24, 2.45) is 0 Å². The Morgan fingerprint density at radius 1 is 0.927 bits per heavy atom. The molecule has 0 aliphatic heterocycles. The number of nitrogens with one attached hydrogen (secondary N) is 1. The molecule has 0 saturated carbocycles. The predicted molar refractivity (Wildman–Crippen MR) is 151 cm³/mol. The lowest BCUT2D eigenvalue weighted by Crippen LogP contribution is -2.27. The molecule has 0 saturated heterocycles. The summed E-state index contributed by atoms with van der Waals surface area (Å²) in [5.41, 5.74) is 0.934. The van der Waals surface area contributed by atoms with Crippen LogP contribution in [0.4, 0.5) is 0 Å². The molecule has 0 bridgehead atoms. The molecule has 0 aliphatic carbocycles. The maximum Gasteiger partial charge on any atom is 0.349 e. The first-order valence-corrected chi connectivity index (χ1v) is 12.6. The zero-order valence-corrected chi connectivity index (χ0v) is 22.0. The van der Waals surface area contributed by atoms with Crippen LogP contribution in [0.3, 0.4) is 0 Å². The van der Waals surface area contributed by atoms with Crippen molar-refractivity contribution in [1.82, 2.24) is 5.32 Å². The van der Waals surface area contributed by atoms with Crippen LogP contribution in [0.5, 0.6) is 17.2 Å². The fraction of sp³-hybridized carbons (Fsp3) is 0.0938. The molecule has 0 fully saturated rings. The number of carbonyl (C=O) groups excluding carboxylic acids is 2. The van der Waals surface area contributed by atoms with Gasteiger partial charge >= 0.3 is 11.6 Å². The molecular formula is C32H25NO8. The van der Waals surface area contributed by atoms with Gasteiger partial charge in [0.05, 0.1) is 19.9 Å². The summed E-state index contributed by atoms with van der Waals surface area (Å²) in [6.45, 7) is 0.523. The molecule has 0 unspecified atom stereocenters. The van der Waals surface area contributed by atoms with E-state index in [-0.39, 0.29) is 23.4 Å². The highest BCUT2D eigenvalue weighted by Gasteiger charge is 2.15. The fourth-order valence-electron chi connectivity index (χ4n) is 3.95. The molecule has 3 aromatic carbocycles. The lowest BCUT2D eigenvalue weighted by atomic mass is 10.1. The molecule has 1 amide bonds. The van der Waals surface area contributed by atoms with E-state index in [1.54, 1.807) is 55.7 Å². The lowest BCUT2D eigenvalue weighted by molar-refractivity contribution is -0.128. The SMILES string of the molecule is COc1cc(/C=C/C(=O)Oc2ccc3cc(C(=O)NCc4ccco4)c(=O)oc3c2)ccc1OCc1ccccc1. The van der Waals surface area contributed by atoms with Crippen LogP contribution in [-0.4, -0.2) is 19.0 Å². The molecule has 0 atom stereocenters. The van der Waals surface area contributed by atoms with Gasteiger partial charge in [-0.2, -0.15) is 0 Å². The average molecular weight is 552 g/mol. The van der Waals surface area contributed by atoms with Crippen molar-refractivity contribution < 1.29 is 32.6 Å². The maximum atomic E-state index is 12.5. The fourth-order valence-corrected chi connectivity index (χ4v) is 3.95. The van der Waals surface area contributed by atoms with Crippen molar-refractivity contribution in [3.05, 3.63) is 130 Å². The summed E-state index contributed by atoms with van der Waals surface area (Å²) in [5.74, 6) is 0.594. The van der Waals surface area contributed by atoms with Gasteiger partial charge in [-0.1, -0.05) is 36.4 Å².